The Balaban J connectivity index is 1.52. The molecule has 2 heterocycles. The molecule has 0 atom stereocenters. The van der Waals surface area contributed by atoms with Gasteiger partial charge in [0.15, 0.2) is 0 Å². The Morgan fingerprint density at radius 2 is 2.00 bits per heavy atom. The number of unbranched alkanes of at least 4 members (excludes halogenated alkanes) is 1. The average Bonchev–Trinajstić information content (AvgIpc) is 3.28. The molecular formula is C22H22N4O3. The summed E-state index contributed by atoms with van der Waals surface area (Å²) in [5, 5.41) is 19.0. The van der Waals surface area contributed by atoms with Crippen molar-refractivity contribution in [2.75, 3.05) is 18.1 Å². The van der Waals surface area contributed by atoms with Crippen LogP contribution in [0.3, 0.4) is 0 Å². The van der Waals surface area contributed by atoms with Crippen molar-refractivity contribution in [3.63, 3.8) is 0 Å². The second-order valence-electron chi connectivity index (χ2n) is 6.90. The van der Waals surface area contributed by atoms with Crippen LogP contribution in [0.5, 0.6) is 0 Å². The number of benzene rings is 2. The molecular weight excluding hydrogens is 368 g/mol. The normalized spacial score (nSPS) is 14.1. The molecule has 1 aromatic heterocycles. The zero-order chi connectivity index (χ0) is 20.4. The van der Waals surface area contributed by atoms with Crippen LogP contribution >= 0.6 is 0 Å². The molecule has 3 aromatic rings. The third-order valence-corrected chi connectivity index (χ3v) is 4.88. The highest BCUT2D eigenvalue weighted by molar-refractivity contribution is 6.30. The number of amidine groups is 1. The van der Waals surface area contributed by atoms with Gasteiger partial charge in [0.1, 0.15) is 17.4 Å². The van der Waals surface area contributed by atoms with Gasteiger partial charge in [0, 0.05) is 5.69 Å². The maximum atomic E-state index is 12.1. The van der Waals surface area contributed by atoms with E-state index in [2.05, 4.69) is 9.97 Å². The molecule has 0 saturated carbocycles. The number of aromatic nitrogens is 2. The summed E-state index contributed by atoms with van der Waals surface area (Å²) in [5.41, 5.74) is 3.17. The number of H-pyrrole nitrogens is 1. The summed E-state index contributed by atoms with van der Waals surface area (Å²) in [6.45, 7) is 2.62. The molecule has 7 nitrogen and oxygen atoms in total. The first-order valence-corrected chi connectivity index (χ1v) is 9.59. The third-order valence-electron chi connectivity index (χ3n) is 4.88. The number of aliphatic hydroxyl groups excluding tert-OH is 1. The Labute approximate surface area is 168 Å². The van der Waals surface area contributed by atoms with Gasteiger partial charge >= 0.3 is 5.97 Å². The standard InChI is InChI=1S/C22H22N4O3/c1-2-3-12-29-22(28)14-8-10-15(11-9-14)26-13-18(27)19(20(26)23)21-24-16-6-4-5-7-17(16)25-21/h4-11,23,27H,2-3,12-13H2,1H3,(H,24,25). The number of imidazole rings is 1. The molecule has 0 bridgehead atoms. The Morgan fingerprint density at radius 3 is 2.72 bits per heavy atom. The van der Waals surface area contributed by atoms with E-state index >= 15 is 0 Å². The van der Waals surface area contributed by atoms with Crippen molar-refractivity contribution < 1.29 is 14.6 Å². The summed E-state index contributed by atoms with van der Waals surface area (Å²) in [5.74, 6) is 0.342. The number of aromatic amines is 1. The topological polar surface area (TPSA) is 102 Å². The Hall–Kier alpha value is -3.61. The van der Waals surface area contributed by atoms with E-state index in [1.54, 1.807) is 29.2 Å². The Kier molecular flexibility index (Phi) is 5.03. The molecule has 0 fully saturated rings. The highest BCUT2D eigenvalue weighted by Crippen LogP contribution is 2.31. The summed E-state index contributed by atoms with van der Waals surface area (Å²) >= 11 is 0. The van der Waals surface area contributed by atoms with Gasteiger partial charge < -0.3 is 19.7 Å². The van der Waals surface area contributed by atoms with Crippen molar-refractivity contribution in [3.05, 3.63) is 65.7 Å². The van der Waals surface area contributed by atoms with Crippen molar-refractivity contribution >= 4 is 34.1 Å². The third kappa shape index (κ3) is 3.59. The van der Waals surface area contributed by atoms with Crippen LogP contribution in [0.15, 0.2) is 54.3 Å². The highest BCUT2D eigenvalue weighted by Gasteiger charge is 2.31. The summed E-state index contributed by atoms with van der Waals surface area (Å²) < 4.78 is 5.22. The second-order valence-corrected chi connectivity index (χ2v) is 6.90. The van der Waals surface area contributed by atoms with Crippen molar-refractivity contribution in [1.29, 1.82) is 5.41 Å². The van der Waals surface area contributed by atoms with Gasteiger partial charge in [-0.3, -0.25) is 5.41 Å². The van der Waals surface area contributed by atoms with Crippen LogP contribution in [0.4, 0.5) is 5.69 Å². The fraction of sp³-hybridized carbons (Fsp3) is 0.227. The first kappa shape index (κ1) is 18.7. The molecule has 1 aliphatic heterocycles. The molecule has 4 rings (SSSR count). The number of carbonyl (C=O) groups excluding carboxylic acids is 1. The van der Waals surface area contributed by atoms with Crippen LogP contribution in [-0.2, 0) is 4.74 Å². The molecule has 0 spiro atoms. The molecule has 1 aliphatic rings. The van der Waals surface area contributed by atoms with E-state index in [9.17, 15) is 9.90 Å². The number of nitrogens with one attached hydrogen (secondary N) is 2. The lowest BCUT2D eigenvalue weighted by Crippen LogP contribution is -2.26. The zero-order valence-corrected chi connectivity index (χ0v) is 16.1. The molecule has 148 valence electrons. The maximum absolute atomic E-state index is 12.1. The number of rotatable bonds is 6. The van der Waals surface area contributed by atoms with E-state index in [1.807, 2.05) is 31.2 Å². The quantitative estimate of drug-likeness (QED) is 0.430. The van der Waals surface area contributed by atoms with Crippen LogP contribution in [0, 0.1) is 5.41 Å². The van der Waals surface area contributed by atoms with E-state index in [4.69, 9.17) is 10.1 Å². The number of esters is 1. The summed E-state index contributed by atoms with van der Waals surface area (Å²) in [6, 6.07) is 14.4. The first-order chi connectivity index (χ1) is 14.1. The SMILES string of the molecule is CCCCOC(=O)c1ccc(N2CC(O)=C(c3nc4ccccc4[nH]3)C2=N)cc1. The van der Waals surface area contributed by atoms with Crippen molar-refractivity contribution in [1.82, 2.24) is 9.97 Å². The Bertz CT molecular complexity index is 1070. The molecule has 0 aliphatic carbocycles. The minimum absolute atomic E-state index is 0.0807. The van der Waals surface area contributed by atoms with Gasteiger partial charge in [-0.05, 0) is 42.8 Å². The van der Waals surface area contributed by atoms with Gasteiger partial charge in [-0.15, -0.1) is 0 Å². The van der Waals surface area contributed by atoms with Crippen LogP contribution < -0.4 is 4.90 Å². The molecule has 3 N–H and O–H groups in total. The van der Waals surface area contributed by atoms with Crippen molar-refractivity contribution in [2.45, 2.75) is 19.8 Å². The van der Waals surface area contributed by atoms with E-state index in [-0.39, 0.29) is 24.1 Å². The fourth-order valence-electron chi connectivity index (χ4n) is 3.29. The lowest BCUT2D eigenvalue weighted by atomic mass is 10.2. The number of fused-ring (bicyclic) bond motifs is 1. The molecule has 0 unspecified atom stereocenters. The monoisotopic (exact) mass is 390 g/mol. The summed E-state index contributed by atoms with van der Waals surface area (Å²) in [4.78, 5) is 21.4. The minimum Gasteiger partial charge on any atom is -0.509 e. The zero-order valence-electron chi connectivity index (χ0n) is 16.1. The second kappa shape index (κ2) is 7.79. The Morgan fingerprint density at radius 1 is 1.24 bits per heavy atom. The van der Waals surface area contributed by atoms with Gasteiger partial charge in [0.2, 0.25) is 0 Å². The van der Waals surface area contributed by atoms with E-state index in [1.165, 1.54) is 0 Å². The van der Waals surface area contributed by atoms with Gasteiger partial charge in [0.25, 0.3) is 0 Å². The summed E-state index contributed by atoms with van der Waals surface area (Å²) in [6.07, 6.45) is 1.80. The number of carbonyl (C=O) groups is 1. The molecule has 0 radical (unpaired) electrons. The molecule has 0 saturated heterocycles. The molecule has 7 heteroatoms. The van der Waals surface area contributed by atoms with Crippen LogP contribution in [0.1, 0.15) is 35.9 Å². The first-order valence-electron chi connectivity index (χ1n) is 9.59. The molecule has 0 amide bonds. The molecule has 29 heavy (non-hydrogen) atoms. The van der Waals surface area contributed by atoms with E-state index < -0.39 is 0 Å². The fourth-order valence-corrected chi connectivity index (χ4v) is 3.29. The number of anilines is 1. The molecule has 2 aromatic carbocycles. The number of hydrogen-bond donors (Lipinski definition) is 3. The summed E-state index contributed by atoms with van der Waals surface area (Å²) in [7, 11) is 0. The minimum atomic E-state index is -0.356. The van der Waals surface area contributed by atoms with E-state index in [0.29, 0.717) is 29.3 Å². The predicted octanol–water partition coefficient (Wildman–Crippen LogP) is 4.29. The largest absolute Gasteiger partial charge is 0.509 e. The van der Waals surface area contributed by atoms with Crippen LogP contribution in [0.25, 0.3) is 16.6 Å². The van der Waals surface area contributed by atoms with Gasteiger partial charge in [-0.1, -0.05) is 25.5 Å². The maximum Gasteiger partial charge on any atom is 0.338 e. The lowest BCUT2D eigenvalue weighted by Gasteiger charge is -2.18. The van der Waals surface area contributed by atoms with Crippen molar-refractivity contribution in [3.8, 4) is 0 Å². The van der Waals surface area contributed by atoms with Crippen LogP contribution in [0.2, 0.25) is 0 Å². The van der Waals surface area contributed by atoms with Crippen molar-refractivity contribution in [2.24, 2.45) is 0 Å². The number of nitrogens with zero attached hydrogens (tertiary/aromatic N) is 2. The van der Waals surface area contributed by atoms with Crippen LogP contribution in [-0.4, -0.2) is 40.0 Å². The predicted molar refractivity (Wildman–Crippen MR) is 112 cm³/mol. The number of para-hydroxylation sites is 2. The lowest BCUT2D eigenvalue weighted by molar-refractivity contribution is 0.0500. The number of ether oxygens (including phenoxy) is 1. The highest BCUT2D eigenvalue weighted by atomic mass is 16.5. The number of aliphatic hydroxyl groups is 1. The van der Waals surface area contributed by atoms with Gasteiger partial charge in [-0.2, -0.15) is 0 Å². The smallest absolute Gasteiger partial charge is 0.338 e. The van der Waals surface area contributed by atoms with E-state index in [0.717, 1.165) is 23.9 Å². The van der Waals surface area contributed by atoms with Gasteiger partial charge in [-0.25, -0.2) is 9.78 Å². The average molecular weight is 390 g/mol. The number of hydrogen-bond acceptors (Lipinski definition) is 5. The van der Waals surface area contributed by atoms with Gasteiger partial charge in [0.05, 0.1) is 35.3 Å².